The fraction of sp³-hybridized carbons (Fsp3) is 0.400. The molecule has 1 fully saturated rings. The second-order valence-electron chi connectivity index (χ2n) is 9.82. The number of fused-ring (bicyclic) bond motifs is 1. The number of carboxylic acid groups (broad SMARTS) is 1. The van der Waals surface area contributed by atoms with Crippen LogP contribution in [0.15, 0.2) is 42.5 Å². The minimum atomic E-state index is -1.19. The lowest BCUT2D eigenvalue weighted by Crippen LogP contribution is -2.49. The van der Waals surface area contributed by atoms with Crippen LogP contribution in [0, 0.1) is 5.41 Å². The summed E-state index contributed by atoms with van der Waals surface area (Å²) >= 11 is 12.5. The molecule has 4 rings (SSSR count). The molecule has 1 N–H and O–H groups in total. The highest BCUT2D eigenvalue weighted by Gasteiger charge is 2.48. The summed E-state index contributed by atoms with van der Waals surface area (Å²) in [5.41, 5.74) is -0.319. The van der Waals surface area contributed by atoms with Gasteiger partial charge in [-0.1, -0.05) is 62.2 Å². The Bertz CT molecular complexity index is 1130. The Morgan fingerprint density at radius 2 is 1.71 bits per heavy atom. The van der Waals surface area contributed by atoms with Crippen LogP contribution in [-0.4, -0.2) is 58.6 Å². The van der Waals surface area contributed by atoms with Crippen LogP contribution < -0.4 is 0 Å². The molecule has 7 nitrogen and oxygen atoms in total. The lowest BCUT2D eigenvalue weighted by Gasteiger charge is -2.41. The van der Waals surface area contributed by atoms with Gasteiger partial charge in [0.05, 0.1) is 40.4 Å². The number of hydrogen-bond acceptors (Lipinski definition) is 4. The quantitative estimate of drug-likeness (QED) is 0.573. The van der Waals surface area contributed by atoms with Crippen LogP contribution in [0.2, 0.25) is 10.0 Å². The molecular weight excluding hydrogens is 479 g/mol. The van der Waals surface area contributed by atoms with E-state index in [4.69, 9.17) is 27.9 Å². The third-order valence-electron chi connectivity index (χ3n) is 6.51. The Labute approximate surface area is 208 Å². The van der Waals surface area contributed by atoms with E-state index in [-0.39, 0.29) is 26.1 Å². The number of carbonyl (C=O) groups is 3. The van der Waals surface area contributed by atoms with Gasteiger partial charge in [0, 0.05) is 13.0 Å². The van der Waals surface area contributed by atoms with Gasteiger partial charge in [0.25, 0.3) is 11.8 Å². The van der Waals surface area contributed by atoms with Crippen molar-refractivity contribution in [2.45, 2.75) is 38.9 Å². The fourth-order valence-electron chi connectivity index (χ4n) is 4.44. The average molecular weight is 505 g/mol. The van der Waals surface area contributed by atoms with Crippen molar-refractivity contribution in [3.05, 3.63) is 69.2 Å². The smallest absolute Gasteiger partial charge is 0.407 e. The summed E-state index contributed by atoms with van der Waals surface area (Å²) < 4.78 is 6.73. The largest absolute Gasteiger partial charge is 0.465 e. The standard InChI is InChI=1S/C25H26Cl2N2O5/c1-24(2,3)20-13-28(23(32)33)11-10-25(34-20,15-8-9-18(26)19(27)12-15)14-29-21(30)16-6-4-5-7-17(16)22(29)31/h4-9,12,20H,10-11,13-14H2,1-3H3,(H,32,33). The zero-order valence-corrected chi connectivity index (χ0v) is 20.7. The highest BCUT2D eigenvalue weighted by molar-refractivity contribution is 6.42. The Balaban J connectivity index is 1.82. The summed E-state index contributed by atoms with van der Waals surface area (Å²) in [4.78, 5) is 40.9. The van der Waals surface area contributed by atoms with Gasteiger partial charge in [-0.25, -0.2) is 4.79 Å². The summed E-state index contributed by atoms with van der Waals surface area (Å²) in [5.74, 6) is -0.814. The molecule has 0 spiro atoms. The maximum Gasteiger partial charge on any atom is 0.407 e. The highest BCUT2D eigenvalue weighted by Crippen LogP contribution is 2.42. The first-order valence-corrected chi connectivity index (χ1v) is 11.7. The van der Waals surface area contributed by atoms with E-state index in [1.165, 1.54) is 9.80 Å². The summed E-state index contributed by atoms with van der Waals surface area (Å²) in [5, 5.41) is 10.4. The first-order chi connectivity index (χ1) is 15.9. The van der Waals surface area contributed by atoms with Crippen LogP contribution in [0.3, 0.4) is 0 Å². The van der Waals surface area contributed by atoms with Crippen molar-refractivity contribution in [1.29, 1.82) is 0 Å². The molecule has 1 saturated heterocycles. The molecule has 0 aliphatic carbocycles. The molecule has 9 heteroatoms. The molecule has 0 saturated carbocycles. The van der Waals surface area contributed by atoms with E-state index in [1.807, 2.05) is 20.8 Å². The number of benzene rings is 2. The van der Waals surface area contributed by atoms with Crippen LogP contribution in [0.5, 0.6) is 0 Å². The van der Waals surface area contributed by atoms with Gasteiger partial charge in [0.1, 0.15) is 5.60 Å². The Kier molecular flexibility index (Phi) is 6.40. The van der Waals surface area contributed by atoms with Gasteiger partial charge < -0.3 is 14.7 Å². The Hall–Kier alpha value is -2.61. The third-order valence-corrected chi connectivity index (χ3v) is 7.25. The molecule has 2 aliphatic rings. The van der Waals surface area contributed by atoms with Gasteiger partial charge in [-0.3, -0.25) is 14.5 Å². The van der Waals surface area contributed by atoms with Crippen LogP contribution in [-0.2, 0) is 10.3 Å². The van der Waals surface area contributed by atoms with Crippen molar-refractivity contribution in [3.63, 3.8) is 0 Å². The molecule has 2 atom stereocenters. The molecule has 0 radical (unpaired) electrons. The SMILES string of the molecule is CC(C)(C)C1CN(C(=O)O)CCC(CN2C(=O)c3ccccc3C2=O)(c2ccc(Cl)c(Cl)c2)O1. The second kappa shape index (κ2) is 8.87. The predicted octanol–water partition coefficient (Wildman–Crippen LogP) is 5.30. The second-order valence-corrected chi connectivity index (χ2v) is 10.6. The van der Waals surface area contributed by atoms with Crippen LogP contribution >= 0.6 is 23.2 Å². The van der Waals surface area contributed by atoms with E-state index in [0.717, 1.165) is 0 Å². The van der Waals surface area contributed by atoms with Crippen molar-refractivity contribution in [2.75, 3.05) is 19.6 Å². The van der Waals surface area contributed by atoms with E-state index >= 15 is 0 Å². The van der Waals surface area contributed by atoms with Gasteiger partial charge in [-0.2, -0.15) is 0 Å². The number of amides is 3. The summed E-state index contributed by atoms with van der Waals surface area (Å²) in [6.07, 6.45) is -1.35. The van der Waals surface area contributed by atoms with E-state index in [1.54, 1.807) is 42.5 Å². The normalized spacial score (nSPS) is 23.1. The van der Waals surface area contributed by atoms with Crippen LogP contribution in [0.1, 0.15) is 53.5 Å². The van der Waals surface area contributed by atoms with Crippen molar-refractivity contribution in [2.24, 2.45) is 5.41 Å². The number of imide groups is 1. The summed E-state index contributed by atoms with van der Waals surface area (Å²) in [7, 11) is 0. The van der Waals surface area contributed by atoms with Gasteiger partial charge in [0.2, 0.25) is 0 Å². The monoisotopic (exact) mass is 504 g/mol. The molecule has 2 heterocycles. The molecule has 0 aromatic heterocycles. The molecule has 3 amide bonds. The van der Waals surface area contributed by atoms with Gasteiger partial charge >= 0.3 is 6.09 Å². The first kappa shape index (κ1) is 24.5. The van der Waals surface area contributed by atoms with Crippen molar-refractivity contribution in [1.82, 2.24) is 9.80 Å². The van der Waals surface area contributed by atoms with Crippen LogP contribution in [0.25, 0.3) is 0 Å². The number of halogens is 2. The lowest BCUT2D eigenvalue weighted by atomic mass is 9.86. The number of nitrogens with zero attached hydrogens (tertiary/aromatic N) is 2. The van der Waals surface area contributed by atoms with Crippen molar-refractivity contribution in [3.8, 4) is 0 Å². The fourth-order valence-corrected chi connectivity index (χ4v) is 4.74. The minimum Gasteiger partial charge on any atom is -0.465 e. The molecule has 2 unspecified atom stereocenters. The van der Waals surface area contributed by atoms with Gasteiger partial charge in [0.15, 0.2) is 0 Å². The van der Waals surface area contributed by atoms with Crippen molar-refractivity contribution < 1.29 is 24.2 Å². The zero-order chi connectivity index (χ0) is 24.8. The molecular formula is C25H26Cl2N2O5. The van der Waals surface area contributed by atoms with E-state index in [2.05, 4.69) is 0 Å². The highest BCUT2D eigenvalue weighted by atomic mass is 35.5. The van der Waals surface area contributed by atoms with E-state index < -0.39 is 35.0 Å². The van der Waals surface area contributed by atoms with Gasteiger partial charge in [-0.05, 0) is 35.2 Å². The Morgan fingerprint density at radius 1 is 1.09 bits per heavy atom. The molecule has 2 aromatic carbocycles. The predicted molar refractivity (Wildman–Crippen MR) is 128 cm³/mol. The molecule has 0 bridgehead atoms. The lowest BCUT2D eigenvalue weighted by molar-refractivity contribution is -0.135. The number of rotatable bonds is 3. The third kappa shape index (κ3) is 4.40. The average Bonchev–Trinajstić information content (AvgIpc) is 2.93. The van der Waals surface area contributed by atoms with E-state index in [9.17, 15) is 19.5 Å². The summed E-state index contributed by atoms with van der Waals surface area (Å²) in [6, 6.07) is 11.7. The van der Waals surface area contributed by atoms with Gasteiger partial charge in [-0.15, -0.1) is 0 Å². The number of ether oxygens (including phenoxy) is 1. The molecule has 34 heavy (non-hydrogen) atoms. The molecule has 2 aromatic rings. The topological polar surface area (TPSA) is 87.2 Å². The number of carbonyl (C=O) groups excluding carboxylic acids is 2. The Morgan fingerprint density at radius 3 is 2.24 bits per heavy atom. The zero-order valence-electron chi connectivity index (χ0n) is 19.2. The first-order valence-electron chi connectivity index (χ1n) is 11.0. The van der Waals surface area contributed by atoms with E-state index in [0.29, 0.717) is 26.7 Å². The molecule has 2 aliphatic heterocycles. The minimum absolute atomic E-state index is 0.0860. The summed E-state index contributed by atoms with van der Waals surface area (Å²) in [6.45, 7) is 6.12. The maximum absolute atomic E-state index is 13.2. The van der Waals surface area contributed by atoms with Crippen molar-refractivity contribution >= 4 is 41.1 Å². The maximum atomic E-state index is 13.2. The number of hydrogen-bond donors (Lipinski definition) is 1. The van der Waals surface area contributed by atoms with Crippen LogP contribution in [0.4, 0.5) is 4.79 Å². The molecule has 180 valence electrons.